The summed E-state index contributed by atoms with van der Waals surface area (Å²) >= 11 is 0. The Balaban J connectivity index is 2.54. The largest absolute Gasteiger partial charge is 0.272 e. The van der Waals surface area contributed by atoms with Gasteiger partial charge in [-0.15, -0.1) is 0 Å². The van der Waals surface area contributed by atoms with E-state index in [1.807, 2.05) is 6.07 Å². The van der Waals surface area contributed by atoms with Crippen LogP contribution in [0.4, 0.5) is 0 Å². The van der Waals surface area contributed by atoms with Crippen molar-refractivity contribution in [1.82, 2.24) is 5.43 Å². The zero-order chi connectivity index (χ0) is 11.8. The van der Waals surface area contributed by atoms with E-state index in [2.05, 4.69) is 10.5 Å². The van der Waals surface area contributed by atoms with Crippen LogP contribution >= 0.6 is 0 Å². The van der Waals surface area contributed by atoms with E-state index in [1.165, 1.54) is 6.21 Å². The second-order valence-electron chi connectivity index (χ2n) is 2.86. The van der Waals surface area contributed by atoms with E-state index in [1.54, 1.807) is 30.3 Å². The van der Waals surface area contributed by atoms with Gasteiger partial charge in [0.25, 0.3) is 5.91 Å². The summed E-state index contributed by atoms with van der Waals surface area (Å²) in [5, 5.41) is 20.4. The quantitative estimate of drug-likeness (QED) is 0.596. The molecule has 5 heteroatoms. The molecule has 0 aliphatic heterocycles. The molecular formula is C11H8N4O. The van der Waals surface area contributed by atoms with Crippen molar-refractivity contribution >= 4 is 12.1 Å². The maximum Gasteiger partial charge on any atom is 0.254 e. The fourth-order valence-corrected chi connectivity index (χ4v) is 0.934. The van der Waals surface area contributed by atoms with Crippen LogP contribution in [-0.2, 0) is 4.79 Å². The lowest BCUT2D eigenvalue weighted by molar-refractivity contribution is -0.120. The molecule has 16 heavy (non-hydrogen) atoms. The Morgan fingerprint density at radius 2 is 2.06 bits per heavy atom. The monoisotopic (exact) mass is 212 g/mol. The lowest BCUT2D eigenvalue weighted by Crippen LogP contribution is -2.16. The van der Waals surface area contributed by atoms with Crippen LogP contribution in [0, 0.1) is 22.7 Å². The van der Waals surface area contributed by atoms with Crippen LogP contribution in [0.2, 0.25) is 0 Å². The van der Waals surface area contributed by atoms with Crippen LogP contribution in [-0.4, -0.2) is 12.1 Å². The zero-order valence-corrected chi connectivity index (χ0v) is 8.34. The molecule has 0 aliphatic rings. The minimum atomic E-state index is -0.451. The number of nitriles is 2. The SMILES string of the molecule is N#CCC(=O)N/N=C\c1ccc(C#N)cc1. The Kier molecular flexibility index (Phi) is 4.24. The van der Waals surface area contributed by atoms with E-state index < -0.39 is 5.91 Å². The molecule has 0 heterocycles. The number of nitrogens with one attached hydrogen (secondary N) is 1. The molecule has 0 bridgehead atoms. The van der Waals surface area contributed by atoms with Gasteiger partial charge in [0.15, 0.2) is 0 Å². The highest BCUT2D eigenvalue weighted by molar-refractivity contribution is 5.83. The number of carbonyl (C=O) groups excluding carboxylic acids is 1. The van der Waals surface area contributed by atoms with E-state index in [0.717, 1.165) is 5.56 Å². The summed E-state index contributed by atoms with van der Waals surface area (Å²) in [6, 6.07) is 10.4. The van der Waals surface area contributed by atoms with Gasteiger partial charge in [0.1, 0.15) is 6.42 Å². The molecular weight excluding hydrogens is 204 g/mol. The molecule has 78 valence electrons. The normalized spacial score (nSPS) is 9.38. The molecule has 0 aromatic heterocycles. The lowest BCUT2D eigenvalue weighted by Gasteiger charge is -1.94. The number of hydrazone groups is 1. The summed E-state index contributed by atoms with van der Waals surface area (Å²) in [4.78, 5) is 10.8. The van der Waals surface area contributed by atoms with Gasteiger partial charge in [-0.3, -0.25) is 4.79 Å². The average molecular weight is 212 g/mol. The van der Waals surface area contributed by atoms with Crippen molar-refractivity contribution in [2.24, 2.45) is 5.10 Å². The summed E-state index contributed by atoms with van der Waals surface area (Å²) in [5.74, 6) is -0.451. The third-order valence-corrected chi connectivity index (χ3v) is 1.68. The first-order chi connectivity index (χ1) is 7.76. The minimum Gasteiger partial charge on any atom is -0.272 e. The van der Waals surface area contributed by atoms with E-state index in [0.29, 0.717) is 5.56 Å². The summed E-state index contributed by atoms with van der Waals surface area (Å²) in [6.45, 7) is 0. The Bertz CT molecular complexity index is 476. The van der Waals surface area contributed by atoms with Gasteiger partial charge < -0.3 is 0 Å². The number of nitrogens with zero attached hydrogens (tertiary/aromatic N) is 3. The summed E-state index contributed by atoms with van der Waals surface area (Å²) in [5.41, 5.74) is 3.52. The Morgan fingerprint density at radius 3 is 2.62 bits per heavy atom. The summed E-state index contributed by atoms with van der Waals surface area (Å²) in [6.07, 6.45) is 1.22. The number of carbonyl (C=O) groups is 1. The molecule has 0 aliphatic carbocycles. The molecule has 0 saturated heterocycles. The highest BCUT2D eigenvalue weighted by Crippen LogP contribution is 2.00. The molecule has 1 amide bonds. The minimum absolute atomic E-state index is 0.218. The van der Waals surface area contributed by atoms with Crippen molar-refractivity contribution in [3.63, 3.8) is 0 Å². The van der Waals surface area contributed by atoms with E-state index in [-0.39, 0.29) is 6.42 Å². The van der Waals surface area contributed by atoms with Gasteiger partial charge in [-0.1, -0.05) is 12.1 Å². The van der Waals surface area contributed by atoms with Crippen molar-refractivity contribution in [2.45, 2.75) is 6.42 Å². The van der Waals surface area contributed by atoms with Crippen LogP contribution in [0.25, 0.3) is 0 Å². The van der Waals surface area contributed by atoms with E-state index in [4.69, 9.17) is 10.5 Å². The predicted octanol–water partition coefficient (Wildman–Crippen LogP) is 0.922. The van der Waals surface area contributed by atoms with Gasteiger partial charge in [0.05, 0.1) is 23.9 Å². The van der Waals surface area contributed by atoms with E-state index in [9.17, 15) is 4.79 Å². The number of hydrogen-bond acceptors (Lipinski definition) is 4. The highest BCUT2D eigenvalue weighted by Gasteiger charge is 1.95. The van der Waals surface area contributed by atoms with Gasteiger partial charge in [0, 0.05) is 0 Å². The second kappa shape index (κ2) is 5.94. The molecule has 0 radical (unpaired) electrons. The van der Waals surface area contributed by atoms with Gasteiger partial charge in [-0.05, 0) is 17.7 Å². The maximum atomic E-state index is 10.8. The van der Waals surface area contributed by atoms with Gasteiger partial charge >= 0.3 is 0 Å². The molecule has 0 atom stereocenters. The third-order valence-electron chi connectivity index (χ3n) is 1.68. The molecule has 1 aromatic rings. The first-order valence-electron chi connectivity index (χ1n) is 4.45. The molecule has 0 fully saturated rings. The van der Waals surface area contributed by atoms with Crippen LogP contribution in [0.1, 0.15) is 17.5 Å². The predicted molar refractivity (Wildman–Crippen MR) is 57.1 cm³/mol. The number of rotatable bonds is 3. The number of benzene rings is 1. The van der Waals surface area contributed by atoms with Crippen molar-refractivity contribution in [3.8, 4) is 12.1 Å². The average Bonchev–Trinajstić information content (AvgIpc) is 2.30. The van der Waals surface area contributed by atoms with E-state index >= 15 is 0 Å². The Labute approximate surface area is 92.6 Å². The summed E-state index contributed by atoms with van der Waals surface area (Å²) in [7, 11) is 0. The van der Waals surface area contributed by atoms with Crippen LogP contribution in [0.15, 0.2) is 29.4 Å². The van der Waals surface area contributed by atoms with Crippen molar-refractivity contribution in [1.29, 1.82) is 10.5 Å². The van der Waals surface area contributed by atoms with Gasteiger partial charge in [-0.2, -0.15) is 15.6 Å². The molecule has 1 rings (SSSR count). The first kappa shape index (κ1) is 11.4. The topological polar surface area (TPSA) is 89.0 Å². The van der Waals surface area contributed by atoms with Crippen molar-refractivity contribution in [2.75, 3.05) is 0 Å². The van der Waals surface area contributed by atoms with Crippen LogP contribution in [0.3, 0.4) is 0 Å². The highest BCUT2D eigenvalue weighted by atomic mass is 16.2. The maximum absolute atomic E-state index is 10.8. The van der Waals surface area contributed by atoms with Crippen molar-refractivity contribution in [3.05, 3.63) is 35.4 Å². The number of hydrogen-bond donors (Lipinski definition) is 1. The van der Waals surface area contributed by atoms with Gasteiger partial charge in [-0.25, -0.2) is 5.43 Å². The smallest absolute Gasteiger partial charge is 0.254 e. The fourth-order valence-electron chi connectivity index (χ4n) is 0.934. The molecule has 1 aromatic carbocycles. The molecule has 0 spiro atoms. The Morgan fingerprint density at radius 1 is 1.38 bits per heavy atom. The third kappa shape index (κ3) is 3.60. The number of amides is 1. The Hall–Kier alpha value is -2.66. The van der Waals surface area contributed by atoms with Gasteiger partial charge in [0.2, 0.25) is 0 Å². The zero-order valence-electron chi connectivity index (χ0n) is 8.34. The first-order valence-corrected chi connectivity index (χ1v) is 4.45. The van der Waals surface area contributed by atoms with Crippen molar-refractivity contribution < 1.29 is 4.79 Å². The lowest BCUT2D eigenvalue weighted by atomic mass is 10.2. The molecule has 1 N–H and O–H groups in total. The van der Waals surface area contributed by atoms with Crippen LogP contribution < -0.4 is 5.43 Å². The molecule has 5 nitrogen and oxygen atoms in total. The fraction of sp³-hybridized carbons (Fsp3) is 0.0909. The molecule has 0 unspecified atom stereocenters. The summed E-state index contributed by atoms with van der Waals surface area (Å²) < 4.78 is 0. The second-order valence-corrected chi connectivity index (χ2v) is 2.86. The standard InChI is InChI=1S/C11H8N4O/c12-6-5-11(16)15-14-8-10-3-1-9(7-13)2-4-10/h1-4,8H,5H2,(H,15,16)/b14-8-. The van der Waals surface area contributed by atoms with Crippen LogP contribution in [0.5, 0.6) is 0 Å². The molecule has 0 saturated carbocycles.